The highest BCUT2D eigenvalue weighted by molar-refractivity contribution is 6.30. The Morgan fingerprint density at radius 3 is 2.60 bits per heavy atom. The van der Waals surface area contributed by atoms with Crippen LogP contribution in [0.1, 0.15) is 51.5 Å². The van der Waals surface area contributed by atoms with Gasteiger partial charge in [-0.1, -0.05) is 55.2 Å². The van der Waals surface area contributed by atoms with E-state index in [1.54, 1.807) is 0 Å². The second-order valence-corrected chi connectivity index (χ2v) is 7.57. The van der Waals surface area contributed by atoms with E-state index in [2.05, 4.69) is 36.1 Å². The Morgan fingerprint density at radius 2 is 1.92 bits per heavy atom. The quantitative estimate of drug-likeness (QED) is 0.322. The Labute approximate surface area is 157 Å². The topological polar surface area (TPSA) is 24.8 Å². The van der Waals surface area contributed by atoms with E-state index in [4.69, 9.17) is 16.4 Å². The lowest BCUT2D eigenvalue weighted by Gasteiger charge is -2.25. The number of hydrogen-bond acceptors (Lipinski definition) is 3. The summed E-state index contributed by atoms with van der Waals surface area (Å²) in [5.41, 5.74) is 2.12. The first kappa shape index (κ1) is 20.0. The van der Waals surface area contributed by atoms with Crippen LogP contribution in [0.25, 0.3) is 6.08 Å². The summed E-state index contributed by atoms with van der Waals surface area (Å²) < 4.78 is 0. The molecule has 138 valence electrons. The normalized spacial score (nSPS) is 16.7. The summed E-state index contributed by atoms with van der Waals surface area (Å²) in [7, 11) is 0. The van der Waals surface area contributed by atoms with Crippen molar-refractivity contribution < 1.29 is 4.84 Å². The maximum atomic E-state index is 5.94. The molecule has 1 aromatic carbocycles. The number of oxime groups is 1. The molecule has 3 nitrogen and oxygen atoms in total. The van der Waals surface area contributed by atoms with Crippen LogP contribution in [0.3, 0.4) is 0 Å². The van der Waals surface area contributed by atoms with E-state index in [1.807, 2.05) is 24.3 Å². The maximum Gasteiger partial charge on any atom is 0.129 e. The first-order chi connectivity index (χ1) is 12.1. The minimum Gasteiger partial charge on any atom is -0.394 e. The second kappa shape index (κ2) is 11.3. The van der Waals surface area contributed by atoms with Crippen molar-refractivity contribution in [2.75, 3.05) is 26.2 Å². The fraction of sp³-hybridized carbons (Fsp3) is 0.571. The van der Waals surface area contributed by atoms with Crippen LogP contribution in [-0.2, 0) is 4.84 Å². The molecule has 0 aromatic heterocycles. The predicted octanol–water partition coefficient (Wildman–Crippen LogP) is 5.65. The lowest BCUT2D eigenvalue weighted by molar-refractivity contribution is 0.102. The molecular weight excluding hydrogens is 332 g/mol. The average Bonchev–Trinajstić information content (AvgIpc) is 2.62. The van der Waals surface area contributed by atoms with Crippen molar-refractivity contribution in [3.8, 4) is 0 Å². The van der Waals surface area contributed by atoms with Crippen molar-refractivity contribution >= 4 is 23.4 Å². The SMILES string of the molecule is CC(C)CCC(/C=C/c1ccc(Cl)cc1)=N\OCCN1CCCCC1. The third-order valence-electron chi connectivity index (χ3n) is 4.45. The molecule has 0 N–H and O–H groups in total. The van der Waals surface area contributed by atoms with Gasteiger partial charge in [-0.05, 0) is 68.5 Å². The molecule has 2 rings (SSSR count). The molecule has 0 bridgehead atoms. The van der Waals surface area contributed by atoms with Gasteiger partial charge < -0.3 is 4.84 Å². The second-order valence-electron chi connectivity index (χ2n) is 7.14. The zero-order chi connectivity index (χ0) is 17.9. The number of likely N-dealkylation sites (tertiary alicyclic amines) is 1. The molecule has 1 aromatic rings. The Balaban J connectivity index is 1.85. The minimum absolute atomic E-state index is 0.655. The molecule has 25 heavy (non-hydrogen) atoms. The molecule has 0 amide bonds. The van der Waals surface area contributed by atoms with Crippen molar-refractivity contribution in [2.45, 2.75) is 46.0 Å². The van der Waals surface area contributed by atoms with E-state index < -0.39 is 0 Å². The van der Waals surface area contributed by atoms with Crippen LogP contribution in [0.4, 0.5) is 0 Å². The van der Waals surface area contributed by atoms with Crippen LogP contribution < -0.4 is 0 Å². The molecule has 0 atom stereocenters. The van der Waals surface area contributed by atoms with Crippen LogP contribution in [0, 0.1) is 5.92 Å². The molecular formula is C21H31ClN2O. The van der Waals surface area contributed by atoms with Crippen molar-refractivity contribution in [3.05, 3.63) is 40.9 Å². The fourth-order valence-corrected chi connectivity index (χ4v) is 2.97. The van der Waals surface area contributed by atoms with Gasteiger partial charge in [0.05, 0.1) is 5.71 Å². The Morgan fingerprint density at radius 1 is 1.20 bits per heavy atom. The molecule has 0 spiro atoms. The summed E-state index contributed by atoms with van der Waals surface area (Å²) >= 11 is 5.94. The van der Waals surface area contributed by atoms with Crippen LogP contribution in [-0.4, -0.2) is 36.9 Å². The maximum absolute atomic E-state index is 5.94. The van der Waals surface area contributed by atoms with Crippen LogP contribution in [0.5, 0.6) is 0 Å². The zero-order valence-electron chi connectivity index (χ0n) is 15.6. The summed E-state index contributed by atoms with van der Waals surface area (Å²) in [6.45, 7) is 8.50. The lowest BCUT2D eigenvalue weighted by atomic mass is 10.0. The summed E-state index contributed by atoms with van der Waals surface area (Å²) in [6, 6.07) is 7.83. The van der Waals surface area contributed by atoms with E-state index in [-0.39, 0.29) is 0 Å². The van der Waals surface area contributed by atoms with Gasteiger partial charge in [-0.3, -0.25) is 4.90 Å². The number of rotatable bonds is 9. The first-order valence-corrected chi connectivity index (χ1v) is 9.86. The molecule has 0 unspecified atom stereocenters. The molecule has 1 heterocycles. The summed E-state index contributed by atoms with van der Waals surface area (Å²) in [6.07, 6.45) is 10.2. The highest BCUT2D eigenvalue weighted by atomic mass is 35.5. The number of benzene rings is 1. The van der Waals surface area contributed by atoms with Gasteiger partial charge in [-0.25, -0.2) is 0 Å². The smallest absolute Gasteiger partial charge is 0.129 e. The van der Waals surface area contributed by atoms with Crippen LogP contribution in [0.15, 0.2) is 35.5 Å². The number of hydrogen-bond donors (Lipinski definition) is 0. The van der Waals surface area contributed by atoms with Crippen LogP contribution in [0.2, 0.25) is 5.02 Å². The largest absolute Gasteiger partial charge is 0.394 e. The monoisotopic (exact) mass is 362 g/mol. The van der Waals surface area contributed by atoms with E-state index in [0.717, 1.165) is 35.7 Å². The van der Waals surface area contributed by atoms with E-state index in [1.165, 1.54) is 32.4 Å². The van der Waals surface area contributed by atoms with Gasteiger partial charge in [0.1, 0.15) is 6.61 Å². The lowest BCUT2D eigenvalue weighted by Crippen LogP contribution is -2.32. The molecule has 1 fully saturated rings. The third-order valence-corrected chi connectivity index (χ3v) is 4.70. The minimum atomic E-state index is 0.655. The highest BCUT2D eigenvalue weighted by Crippen LogP contribution is 2.12. The van der Waals surface area contributed by atoms with Gasteiger partial charge >= 0.3 is 0 Å². The summed E-state index contributed by atoms with van der Waals surface area (Å²) in [5.74, 6) is 0.655. The van der Waals surface area contributed by atoms with Gasteiger partial charge in [-0.2, -0.15) is 0 Å². The molecule has 1 saturated heterocycles. The molecule has 0 radical (unpaired) electrons. The van der Waals surface area contributed by atoms with E-state index in [9.17, 15) is 0 Å². The first-order valence-electron chi connectivity index (χ1n) is 9.48. The molecule has 4 heteroatoms. The Bertz CT molecular complexity index is 546. The molecule has 1 aliphatic rings. The van der Waals surface area contributed by atoms with Crippen molar-refractivity contribution in [1.29, 1.82) is 0 Å². The van der Waals surface area contributed by atoms with Crippen molar-refractivity contribution in [3.63, 3.8) is 0 Å². The van der Waals surface area contributed by atoms with E-state index in [0.29, 0.717) is 12.5 Å². The molecule has 0 aliphatic carbocycles. The van der Waals surface area contributed by atoms with Gasteiger partial charge in [-0.15, -0.1) is 0 Å². The predicted molar refractivity (Wildman–Crippen MR) is 108 cm³/mol. The summed E-state index contributed by atoms with van der Waals surface area (Å²) in [5, 5.41) is 5.15. The average molecular weight is 363 g/mol. The van der Waals surface area contributed by atoms with Gasteiger partial charge in [0.15, 0.2) is 0 Å². The number of allylic oxidation sites excluding steroid dienone is 1. The zero-order valence-corrected chi connectivity index (χ0v) is 16.3. The number of halogens is 1. The summed E-state index contributed by atoms with van der Waals surface area (Å²) in [4.78, 5) is 8.08. The fourth-order valence-electron chi connectivity index (χ4n) is 2.84. The number of nitrogens with zero attached hydrogens (tertiary/aromatic N) is 2. The number of piperidine rings is 1. The Kier molecular flexibility index (Phi) is 9.06. The van der Waals surface area contributed by atoms with Gasteiger partial charge in [0.25, 0.3) is 0 Å². The van der Waals surface area contributed by atoms with Gasteiger partial charge in [0.2, 0.25) is 0 Å². The Hall–Kier alpha value is -1.32. The molecule has 0 saturated carbocycles. The van der Waals surface area contributed by atoms with Crippen LogP contribution >= 0.6 is 11.6 Å². The standard InChI is InChI=1S/C21H31ClN2O/c1-18(2)6-12-21(13-9-19-7-10-20(22)11-8-19)23-25-17-16-24-14-4-3-5-15-24/h7-11,13,18H,3-6,12,14-17H2,1-2H3/b13-9+,23-21+. The van der Waals surface area contributed by atoms with Gasteiger partial charge in [0, 0.05) is 11.6 Å². The van der Waals surface area contributed by atoms with Crippen molar-refractivity contribution in [2.24, 2.45) is 11.1 Å². The molecule has 1 aliphatic heterocycles. The van der Waals surface area contributed by atoms with Crippen molar-refractivity contribution in [1.82, 2.24) is 4.90 Å². The van der Waals surface area contributed by atoms with E-state index >= 15 is 0 Å². The highest BCUT2D eigenvalue weighted by Gasteiger charge is 2.09. The third kappa shape index (κ3) is 8.55.